The van der Waals surface area contributed by atoms with E-state index in [4.69, 9.17) is 9.47 Å². The maximum atomic E-state index is 12.6. The van der Waals surface area contributed by atoms with Crippen LogP contribution >= 0.6 is 0 Å². The van der Waals surface area contributed by atoms with E-state index in [2.05, 4.69) is 50.7 Å². The number of allylic oxidation sites excluding steroid dienone is 1. The smallest absolute Gasteiger partial charge is 0.355 e. The Hall–Kier alpha value is -1.33. The molecular formula is C22H37NO3Si. The standard InChI is InChI=1S/C22H37NO3Si/c1-7-8-9-10-11-18-14-19-20(17(2)3)15-26-22(24)21(19)23(18)16-25-12-13-27(4,5)6/h7,14,17,20H,1,8-13,15-16H2,2-6H3/t20-/m1/s1. The van der Waals surface area contributed by atoms with Crippen molar-refractivity contribution in [2.45, 2.75) is 77.9 Å². The summed E-state index contributed by atoms with van der Waals surface area (Å²) in [6.07, 6.45) is 6.16. The number of ether oxygens (including phenoxy) is 2. The molecule has 0 aromatic carbocycles. The molecular weight excluding hydrogens is 354 g/mol. The van der Waals surface area contributed by atoms with Crippen LogP contribution in [0.5, 0.6) is 0 Å². The molecule has 2 rings (SSSR count). The van der Waals surface area contributed by atoms with E-state index in [0.29, 0.717) is 24.9 Å². The zero-order valence-corrected chi connectivity index (χ0v) is 18.8. The number of rotatable bonds is 11. The van der Waals surface area contributed by atoms with Gasteiger partial charge in [-0.15, -0.1) is 6.58 Å². The van der Waals surface area contributed by atoms with Gasteiger partial charge in [-0.2, -0.15) is 0 Å². The van der Waals surface area contributed by atoms with Gasteiger partial charge in [0.15, 0.2) is 0 Å². The highest BCUT2D eigenvalue weighted by Gasteiger charge is 2.33. The summed E-state index contributed by atoms with van der Waals surface area (Å²) in [5, 5.41) is 0. The van der Waals surface area contributed by atoms with Crippen LogP contribution in [0, 0.1) is 5.92 Å². The number of aromatic nitrogens is 1. The number of carbonyl (C=O) groups is 1. The molecule has 0 amide bonds. The van der Waals surface area contributed by atoms with Gasteiger partial charge in [0, 0.05) is 26.3 Å². The summed E-state index contributed by atoms with van der Waals surface area (Å²) in [4.78, 5) is 12.6. The largest absolute Gasteiger partial charge is 0.460 e. The number of cyclic esters (lactones) is 1. The summed E-state index contributed by atoms with van der Waals surface area (Å²) < 4.78 is 13.6. The highest BCUT2D eigenvalue weighted by Crippen LogP contribution is 2.35. The van der Waals surface area contributed by atoms with Gasteiger partial charge in [-0.05, 0) is 49.3 Å². The fourth-order valence-corrected chi connectivity index (χ4v) is 4.25. The lowest BCUT2D eigenvalue weighted by Crippen LogP contribution is -2.28. The van der Waals surface area contributed by atoms with Crippen LogP contribution in [0.3, 0.4) is 0 Å². The van der Waals surface area contributed by atoms with Gasteiger partial charge in [0.2, 0.25) is 0 Å². The molecule has 0 unspecified atom stereocenters. The van der Waals surface area contributed by atoms with Crippen LogP contribution in [0.25, 0.3) is 0 Å². The highest BCUT2D eigenvalue weighted by atomic mass is 28.3. The Balaban J connectivity index is 2.21. The van der Waals surface area contributed by atoms with Crippen LogP contribution in [0.2, 0.25) is 25.7 Å². The van der Waals surface area contributed by atoms with Crippen molar-refractivity contribution in [3.63, 3.8) is 0 Å². The van der Waals surface area contributed by atoms with Crippen LogP contribution in [0.1, 0.15) is 60.8 Å². The molecule has 1 aliphatic heterocycles. The number of hydrogen-bond donors (Lipinski definition) is 0. The van der Waals surface area contributed by atoms with Crippen molar-refractivity contribution in [2.75, 3.05) is 13.2 Å². The van der Waals surface area contributed by atoms with Gasteiger partial charge in [-0.25, -0.2) is 4.79 Å². The summed E-state index contributed by atoms with van der Waals surface area (Å²) >= 11 is 0. The summed E-state index contributed by atoms with van der Waals surface area (Å²) in [5.74, 6) is 0.509. The van der Waals surface area contributed by atoms with E-state index in [1.807, 2.05) is 6.08 Å². The second kappa shape index (κ2) is 9.74. The molecule has 0 spiro atoms. The van der Waals surface area contributed by atoms with Gasteiger partial charge in [0.1, 0.15) is 12.4 Å². The van der Waals surface area contributed by atoms with Crippen molar-refractivity contribution >= 4 is 14.0 Å². The lowest BCUT2D eigenvalue weighted by Gasteiger charge is -2.26. The molecule has 0 saturated carbocycles. The Morgan fingerprint density at radius 2 is 2.11 bits per heavy atom. The van der Waals surface area contributed by atoms with Crippen molar-refractivity contribution in [1.29, 1.82) is 0 Å². The second-order valence-electron chi connectivity index (χ2n) is 9.20. The number of unbranched alkanes of at least 4 members (excludes halogenated alkanes) is 2. The van der Waals surface area contributed by atoms with Crippen molar-refractivity contribution < 1.29 is 14.3 Å². The molecule has 0 aliphatic carbocycles. The van der Waals surface area contributed by atoms with Crippen molar-refractivity contribution in [3.05, 3.63) is 35.7 Å². The fourth-order valence-electron chi connectivity index (χ4n) is 3.49. The minimum absolute atomic E-state index is 0.201. The zero-order chi connectivity index (χ0) is 20.0. The van der Waals surface area contributed by atoms with Crippen LogP contribution in [-0.2, 0) is 22.6 Å². The Kier molecular flexibility index (Phi) is 7.92. The normalized spacial score (nSPS) is 17.1. The number of aryl methyl sites for hydroxylation is 1. The van der Waals surface area contributed by atoms with E-state index in [-0.39, 0.29) is 11.9 Å². The maximum Gasteiger partial charge on any atom is 0.355 e. The van der Waals surface area contributed by atoms with Crippen molar-refractivity contribution in [1.82, 2.24) is 4.57 Å². The van der Waals surface area contributed by atoms with Gasteiger partial charge in [-0.3, -0.25) is 0 Å². The molecule has 4 nitrogen and oxygen atoms in total. The molecule has 0 bridgehead atoms. The Morgan fingerprint density at radius 3 is 2.74 bits per heavy atom. The average molecular weight is 392 g/mol. The quantitative estimate of drug-likeness (QED) is 0.213. The maximum absolute atomic E-state index is 12.6. The molecule has 1 atom stereocenters. The van der Waals surface area contributed by atoms with Gasteiger partial charge in [-0.1, -0.05) is 39.6 Å². The van der Waals surface area contributed by atoms with E-state index in [1.165, 1.54) is 5.69 Å². The first-order valence-electron chi connectivity index (χ1n) is 10.3. The molecule has 1 aromatic heterocycles. The van der Waals surface area contributed by atoms with Gasteiger partial charge in [0.05, 0.1) is 6.61 Å². The Labute approximate surface area is 165 Å². The minimum Gasteiger partial charge on any atom is -0.460 e. The monoisotopic (exact) mass is 391 g/mol. The summed E-state index contributed by atoms with van der Waals surface area (Å²) in [6, 6.07) is 3.36. The molecule has 27 heavy (non-hydrogen) atoms. The molecule has 2 heterocycles. The minimum atomic E-state index is -1.13. The molecule has 1 aromatic rings. The first-order chi connectivity index (χ1) is 12.7. The Bertz CT molecular complexity index is 643. The van der Waals surface area contributed by atoms with E-state index in [9.17, 15) is 4.79 Å². The molecule has 152 valence electrons. The van der Waals surface area contributed by atoms with Gasteiger partial charge < -0.3 is 14.0 Å². The van der Waals surface area contributed by atoms with E-state index in [1.54, 1.807) is 0 Å². The van der Waals surface area contributed by atoms with E-state index in [0.717, 1.165) is 43.9 Å². The predicted molar refractivity (Wildman–Crippen MR) is 114 cm³/mol. The first kappa shape index (κ1) is 22.0. The van der Waals surface area contributed by atoms with Crippen LogP contribution in [-0.4, -0.2) is 31.8 Å². The number of nitrogens with zero attached hydrogens (tertiary/aromatic N) is 1. The third-order valence-electron chi connectivity index (χ3n) is 5.31. The van der Waals surface area contributed by atoms with Gasteiger partial charge in [0.25, 0.3) is 0 Å². The second-order valence-corrected chi connectivity index (χ2v) is 14.8. The van der Waals surface area contributed by atoms with E-state index >= 15 is 0 Å². The highest BCUT2D eigenvalue weighted by molar-refractivity contribution is 6.76. The van der Waals surface area contributed by atoms with E-state index < -0.39 is 8.07 Å². The average Bonchev–Trinajstić information content (AvgIpc) is 2.94. The fraction of sp³-hybridized carbons (Fsp3) is 0.682. The molecule has 5 heteroatoms. The lowest BCUT2D eigenvalue weighted by atomic mass is 9.87. The van der Waals surface area contributed by atoms with Crippen molar-refractivity contribution in [2.24, 2.45) is 5.92 Å². The molecule has 1 aliphatic rings. The number of hydrogen-bond acceptors (Lipinski definition) is 3. The molecule has 0 N–H and O–H groups in total. The van der Waals surface area contributed by atoms with Crippen LogP contribution in [0.15, 0.2) is 18.7 Å². The third kappa shape index (κ3) is 6.08. The summed E-state index contributed by atoms with van der Waals surface area (Å²) in [5.41, 5.74) is 3.06. The summed E-state index contributed by atoms with van der Waals surface area (Å²) in [7, 11) is -1.13. The molecule has 0 fully saturated rings. The Morgan fingerprint density at radius 1 is 1.37 bits per heavy atom. The SMILES string of the molecule is C=CCCCCc1cc2c(n1COCC[Si](C)(C)C)C(=O)OC[C@@H]2C(C)C. The van der Waals surface area contributed by atoms with Crippen LogP contribution < -0.4 is 0 Å². The topological polar surface area (TPSA) is 40.5 Å². The van der Waals surface area contributed by atoms with Crippen LogP contribution in [0.4, 0.5) is 0 Å². The molecule has 0 saturated heterocycles. The number of fused-ring (bicyclic) bond motifs is 1. The lowest BCUT2D eigenvalue weighted by molar-refractivity contribution is 0.0360. The summed E-state index contributed by atoms with van der Waals surface area (Å²) in [6.45, 7) is 16.9. The predicted octanol–water partition coefficient (Wildman–Crippen LogP) is 5.61. The number of carbonyl (C=O) groups excluding carboxylic acids is 1. The number of esters is 1. The first-order valence-corrected chi connectivity index (χ1v) is 14.0. The van der Waals surface area contributed by atoms with Crippen molar-refractivity contribution in [3.8, 4) is 0 Å². The molecule has 0 radical (unpaired) electrons. The zero-order valence-electron chi connectivity index (χ0n) is 17.8. The van der Waals surface area contributed by atoms with Gasteiger partial charge >= 0.3 is 5.97 Å². The third-order valence-corrected chi connectivity index (χ3v) is 7.02.